The summed E-state index contributed by atoms with van der Waals surface area (Å²) in [6.07, 6.45) is 3.41. The van der Waals surface area contributed by atoms with Gasteiger partial charge in [0.2, 0.25) is 0 Å². The summed E-state index contributed by atoms with van der Waals surface area (Å²) in [6, 6.07) is 1.24. The van der Waals surface area contributed by atoms with Crippen molar-refractivity contribution in [2.45, 2.75) is 25.8 Å². The number of rotatable bonds is 2. The molecule has 0 amide bonds. The number of nitrogens with one attached hydrogen (secondary N) is 1. The smallest absolute Gasteiger partial charge is 0.298 e. The van der Waals surface area contributed by atoms with Crippen molar-refractivity contribution in [1.29, 1.82) is 0 Å². The zero-order valence-electron chi connectivity index (χ0n) is 7.62. The van der Waals surface area contributed by atoms with Crippen molar-refractivity contribution in [3.05, 3.63) is 32.1 Å². The molecule has 2 rings (SSSR count). The monoisotopic (exact) mass is 214 g/mol. The topological polar surface area (TPSA) is 54.9 Å². The maximum atomic E-state index is 11.4. The third-order valence-corrected chi connectivity index (χ3v) is 2.86. The van der Waals surface area contributed by atoms with Gasteiger partial charge < -0.3 is 0 Å². The highest BCUT2D eigenvalue weighted by atomic mass is 35.5. The Morgan fingerprint density at radius 1 is 1.50 bits per heavy atom. The fourth-order valence-corrected chi connectivity index (χ4v) is 1.77. The van der Waals surface area contributed by atoms with E-state index in [0.29, 0.717) is 12.5 Å². The molecule has 0 bridgehead atoms. The number of nitrogens with zero attached hydrogens (tertiary/aromatic N) is 1. The Morgan fingerprint density at radius 3 is 2.71 bits per heavy atom. The summed E-state index contributed by atoms with van der Waals surface area (Å²) in [7, 11) is 0. The van der Waals surface area contributed by atoms with Gasteiger partial charge in [0.1, 0.15) is 5.15 Å². The van der Waals surface area contributed by atoms with Gasteiger partial charge in [-0.2, -0.15) is 0 Å². The molecule has 0 aromatic carbocycles. The lowest BCUT2D eigenvalue weighted by Crippen LogP contribution is -2.37. The van der Waals surface area contributed by atoms with Crippen molar-refractivity contribution in [1.82, 2.24) is 9.55 Å². The first-order chi connectivity index (χ1) is 6.66. The minimum atomic E-state index is -0.408. The molecule has 1 aliphatic carbocycles. The van der Waals surface area contributed by atoms with E-state index in [1.807, 2.05) is 0 Å². The van der Waals surface area contributed by atoms with Gasteiger partial charge in [-0.1, -0.05) is 18.0 Å². The van der Waals surface area contributed by atoms with E-state index in [4.69, 9.17) is 11.6 Å². The van der Waals surface area contributed by atoms with Crippen LogP contribution in [0.25, 0.3) is 0 Å². The molecule has 0 saturated heterocycles. The van der Waals surface area contributed by atoms with Gasteiger partial charge in [-0.05, 0) is 18.8 Å². The Hall–Kier alpha value is -1.03. The predicted molar refractivity (Wildman–Crippen MR) is 53.7 cm³/mol. The first kappa shape index (κ1) is 9.52. The van der Waals surface area contributed by atoms with Crippen molar-refractivity contribution in [2.75, 3.05) is 0 Å². The van der Waals surface area contributed by atoms with E-state index in [1.54, 1.807) is 0 Å². The summed E-state index contributed by atoms with van der Waals surface area (Å²) in [5.74, 6) is 0.481. The lowest BCUT2D eigenvalue weighted by Gasteiger charge is -2.25. The molecule has 1 aromatic heterocycles. The molecule has 0 atom stereocenters. The molecule has 1 fully saturated rings. The number of hydrogen-bond donors (Lipinski definition) is 1. The SMILES string of the molecule is O=c1cc(Cl)[nH]c(=O)n1CC1CCC1. The molecule has 5 heteroatoms. The zero-order valence-corrected chi connectivity index (χ0v) is 8.38. The van der Waals surface area contributed by atoms with Crippen LogP contribution < -0.4 is 11.2 Å². The van der Waals surface area contributed by atoms with Gasteiger partial charge in [0.15, 0.2) is 0 Å². The molecule has 0 spiro atoms. The number of aromatic nitrogens is 2. The lowest BCUT2D eigenvalue weighted by molar-refractivity contribution is 0.269. The Kier molecular flexibility index (Phi) is 2.46. The number of hydrogen-bond acceptors (Lipinski definition) is 2. The van der Waals surface area contributed by atoms with Crippen LogP contribution in [0, 0.1) is 5.92 Å². The highest BCUT2D eigenvalue weighted by Crippen LogP contribution is 2.26. The maximum Gasteiger partial charge on any atom is 0.329 e. The van der Waals surface area contributed by atoms with Crippen LogP contribution in [0.4, 0.5) is 0 Å². The average Bonchev–Trinajstić information content (AvgIpc) is 1.98. The van der Waals surface area contributed by atoms with E-state index in [-0.39, 0.29) is 10.7 Å². The fraction of sp³-hybridized carbons (Fsp3) is 0.556. The van der Waals surface area contributed by atoms with Crippen molar-refractivity contribution in [3.63, 3.8) is 0 Å². The van der Waals surface area contributed by atoms with Crippen LogP contribution in [-0.2, 0) is 6.54 Å². The Balaban J connectivity index is 2.32. The predicted octanol–water partition coefficient (Wildman–Crippen LogP) is 0.990. The molecule has 1 heterocycles. The van der Waals surface area contributed by atoms with Crippen LogP contribution in [0.15, 0.2) is 15.7 Å². The van der Waals surface area contributed by atoms with E-state index >= 15 is 0 Å². The second kappa shape index (κ2) is 3.61. The summed E-state index contributed by atoms with van der Waals surface area (Å²) in [6.45, 7) is 0.519. The van der Waals surface area contributed by atoms with E-state index in [0.717, 1.165) is 12.8 Å². The summed E-state index contributed by atoms with van der Waals surface area (Å²) in [4.78, 5) is 25.2. The van der Waals surface area contributed by atoms with Gasteiger partial charge in [0.25, 0.3) is 5.56 Å². The minimum absolute atomic E-state index is 0.102. The molecule has 0 radical (unpaired) electrons. The quantitative estimate of drug-likeness (QED) is 0.747. The molecule has 4 nitrogen and oxygen atoms in total. The van der Waals surface area contributed by atoms with E-state index in [2.05, 4.69) is 4.98 Å². The van der Waals surface area contributed by atoms with E-state index < -0.39 is 5.69 Å². The first-order valence-corrected chi connectivity index (χ1v) is 5.04. The maximum absolute atomic E-state index is 11.4. The van der Waals surface area contributed by atoms with Crippen LogP contribution in [0.5, 0.6) is 0 Å². The Morgan fingerprint density at radius 2 is 2.21 bits per heavy atom. The molecule has 76 valence electrons. The Labute approximate surface area is 85.5 Å². The van der Waals surface area contributed by atoms with Gasteiger partial charge >= 0.3 is 5.69 Å². The Bertz CT molecular complexity index is 414. The van der Waals surface area contributed by atoms with Crippen LogP contribution in [0.3, 0.4) is 0 Å². The average molecular weight is 215 g/mol. The summed E-state index contributed by atoms with van der Waals surface area (Å²) in [5, 5.41) is 0.102. The molecule has 0 unspecified atom stereocenters. The van der Waals surface area contributed by atoms with E-state index in [1.165, 1.54) is 17.1 Å². The van der Waals surface area contributed by atoms with Crippen LogP contribution in [0.1, 0.15) is 19.3 Å². The van der Waals surface area contributed by atoms with Crippen molar-refractivity contribution in [2.24, 2.45) is 5.92 Å². The molecule has 1 aliphatic rings. The van der Waals surface area contributed by atoms with E-state index in [9.17, 15) is 9.59 Å². The second-order valence-corrected chi connectivity index (χ2v) is 4.08. The molecule has 0 aliphatic heterocycles. The van der Waals surface area contributed by atoms with Gasteiger partial charge in [-0.3, -0.25) is 14.3 Å². The molecular formula is C9H11ClN2O2. The molecule has 1 saturated carbocycles. The zero-order chi connectivity index (χ0) is 10.1. The van der Waals surface area contributed by atoms with Crippen molar-refractivity contribution in [3.8, 4) is 0 Å². The van der Waals surface area contributed by atoms with Crippen LogP contribution in [-0.4, -0.2) is 9.55 Å². The minimum Gasteiger partial charge on any atom is -0.298 e. The summed E-state index contributed by atoms with van der Waals surface area (Å²) in [5.41, 5.74) is -0.722. The highest BCUT2D eigenvalue weighted by Gasteiger charge is 2.19. The fourth-order valence-electron chi connectivity index (χ4n) is 1.60. The summed E-state index contributed by atoms with van der Waals surface area (Å²) < 4.78 is 1.22. The highest BCUT2D eigenvalue weighted by molar-refractivity contribution is 6.29. The van der Waals surface area contributed by atoms with Crippen molar-refractivity contribution >= 4 is 11.6 Å². The van der Waals surface area contributed by atoms with Crippen LogP contribution >= 0.6 is 11.6 Å². The van der Waals surface area contributed by atoms with Crippen LogP contribution in [0.2, 0.25) is 5.15 Å². The van der Waals surface area contributed by atoms with Gasteiger partial charge in [0.05, 0.1) is 0 Å². The molecule has 1 aromatic rings. The normalized spacial score (nSPS) is 16.6. The third kappa shape index (κ3) is 1.75. The number of aromatic amines is 1. The van der Waals surface area contributed by atoms with Gasteiger partial charge in [0, 0.05) is 12.6 Å². The largest absolute Gasteiger partial charge is 0.329 e. The van der Waals surface area contributed by atoms with Crippen molar-refractivity contribution < 1.29 is 0 Å². The summed E-state index contributed by atoms with van der Waals surface area (Å²) >= 11 is 5.54. The van der Waals surface area contributed by atoms with Gasteiger partial charge in [-0.15, -0.1) is 0 Å². The standard InChI is InChI=1S/C9H11ClN2O2/c10-7-4-8(13)12(9(14)11-7)5-6-2-1-3-6/h4,6H,1-3,5H2,(H,11,14). The third-order valence-electron chi connectivity index (χ3n) is 2.65. The first-order valence-electron chi connectivity index (χ1n) is 4.66. The molecular weight excluding hydrogens is 204 g/mol. The number of H-pyrrole nitrogens is 1. The lowest BCUT2D eigenvalue weighted by atomic mass is 9.85. The van der Waals surface area contributed by atoms with Gasteiger partial charge in [-0.25, -0.2) is 4.79 Å². The molecule has 14 heavy (non-hydrogen) atoms. The molecule has 1 N–H and O–H groups in total. The number of halogens is 1. The second-order valence-electron chi connectivity index (χ2n) is 3.67.